The minimum Gasteiger partial charge on any atom is -0.356 e. The number of piperidine rings is 1. The highest BCUT2D eigenvalue weighted by molar-refractivity contribution is 7.89. The van der Waals surface area contributed by atoms with Gasteiger partial charge in [0.25, 0.3) is 0 Å². The summed E-state index contributed by atoms with van der Waals surface area (Å²) in [6.07, 6.45) is 1.01. The van der Waals surface area contributed by atoms with E-state index in [9.17, 15) is 17.6 Å². The van der Waals surface area contributed by atoms with Gasteiger partial charge in [-0.25, -0.2) is 12.8 Å². The van der Waals surface area contributed by atoms with Gasteiger partial charge < -0.3 is 5.32 Å². The first-order valence-corrected chi connectivity index (χ1v) is 8.84. The lowest BCUT2D eigenvalue weighted by Gasteiger charge is -2.30. The van der Waals surface area contributed by atoms with E-state index >= 15 is 0 Å². The second-order valence-corrected chi connectivity index (χ2v) is 7.42. The molecule has 0 aliphatic carbocycles. The molecule has 0 unspecified atom stereocenters. The molecule has 1 heterocycles. The van der Waals surface area contributed by atoms with Crippen LogP contribution >= 0.6 is 0 Å². The number of benzene rings is 1. The Morgan fingerprint density at radius 2 is 2.00 bits per heavy atom. The SMILES string of the molecule is CCNC(=O)C1CCN(S(=O)(=O)c2ccc(F)c(C)c2)CC1. The Bertz CT molecular complexity index is 653. The van der Waals surface area contributed by atoms with Crippen LogP contribution in [0.2, 0.25) is 0 Å². The molecule has 1 aliphatic rings. The highest BCUT2D eigenvalue weighted by atomic mass is 32.2. The van der Waals surface area contributed by atoms with Crippen LogP contribution in [0.15, 0.2) is 23.1 Å². The predicted molar refractivity (Wildman–Crippen MR) is 81.3 cm³/mol. The Hall–Kier alpha value is -1.47. The minimum atomic E-state index is -3.63. The van der Waals surface area contributed by atoms with E-state index in [0.29, 0.717) is 38.0 Å². The third-order valence-electron chi connectivity index (χ3n) is 3.94. The quantitative estimate of drug-likeness (QED) is 0.914. The number of rotatable bonds is 4. The number of nitrogens with zero attached hydrogens (tertiary/aromatic N) is 1. The summed E-state index contributed by atoms with van der Waals surface area (Å²) in [5.74, 6) is -0.576. The van der Waals surface area contributed by atoms with Gasteiger partial charge in [-0.05, 0) is 50.5 Å². The van der Waals surface area contributed by atoms with E-state index in [2.05, 4.69) is 5.32 Å². The zero-order valence-corrected chi connectivity index (χ0v) is 13.6. The summed E-state index contributed by atoms with van der Waals surface area (Å²) in [7, 11) is -3.63. The van der Waals surface area contributed by atoms with E-state index in [1.54, 1.807) is 0 Å². The first-order valence-electron chi connectivity index (χ1n) is 7.40. The van der Waals surface area contributed by atoms with Crippen molar-refractivity contribution in [1.29, 1.82) is 0 Å². The third-order valence-corrected chi connectivity index (χ3v) is 5.84. The Kier molecular flexibility index (Phi) is 5.18. The van der Waals surface area contributed by atoms with Crippen molar-refractivity contribution in [1.82, 2.24) is 9.62 Å². The number of hydrogen-bond acceptors (Lipinski definition) is 3. The molecule has 1 saturated heterocycles. The lowest BCUT2D eigenvalue weighted by atomic mass is 9.97. The molecular weight excluding hydrogens is 307 g/mol. The first kappa shape index (κ1) is 16.9. The summed E-state index contributed by atoms with van der Waals surface area (Å²) in [6.45, 7) is 4.58. The summed E-state index contributed by atoms with van der Waals surface area (Å²) >= 11 is 0. The van der Waals surface area contributed by atoms with Gasteiger partial charge in [0.05, 0.1) is 4.90 Å². The van der Waals surface area contributed by atoms with Gasteiger partial charge in [-0.15, -0.1) is 0 Å². The second kappa shape index (κ2) is 6.75. The van der Waals surface area contributed by atoms with Crippen molar-refractivity contribution >= 4 is 15.9 Å². The molecule has 0 radical (unpaired) electrons. The van der Waals surface area contributed by atoms with Gasteiger partial charge in [0, 0.05) is 25.6 Å². The molecule has 1 aromatic rings. The number of carbonyl (C=O) groups is 1. The molecule has 1 fully saturated rings. The number of sulfonamides is 1. The molecule has 0 saturated carbocycles. The van der Waals surface area contributed by atoms with Crippen molar-refractivity contribution in [3.8, 4) is 0 Å². The van der Waals surface area contributed by atoms with Gasteiger partial charge in [0.15, 0.2) is 0 Å². The molecular formula is C15H21FN2O3S. The smallest absolute Gasteiger partial charge is 0.243 e. The molecule has 0 atom stereocenters. The minimum absolute atomic E-state index is 0.0165. The highest BCUT2D eigenvalue weighted by Crippen LogP contribution is 2.25. The Labute approximate surface area is 130 Å². The van der Waals surface area contributed by atoms with Crippen LogP contribution in [0.1, 0.15) is 25.3 Å². The molecule has 1 aromatic carbocycles. The van der Waals surface area contributed by atoms with Gasteiger partial charge in [0.1, 0.15) is 5.82 Å². The van der Waals surface area contributed by atoms with E-state index in [1.807, 2.05) is 6.92 Å². The molecule has 0 bridgehead atoms. The molecule has 5 nitrogen and oxygen atoms in total. The fourth-order valence-corrected chi connectivity index (χ4v) is 4.16. The number of halogens is 1. The maximum Gasteiger partial charge on any atom is 0.243 e. The number of amides is 1. The number of nitrogens with one attached hydrogen (secondary N) is 1. The average Bonchev–Trinajstić information content (AvgIpc) is 2.50. The topological polar surface area (TPSA) is 66.5 Å². The lowest BCUT2D eigenvalue weighted by molar-refractivity contribution is -0.126. The molecule has 0 aromatic heterocycles. The number of hydrogen-bond donors (Lipinski definition) is 1. The van der Waals surface area contributed by atoms with Crippen LogP contribution in [0.4, 0.5) is 4.39 Å². The Morgan fingerprint density at radius 1 is 1.36 bits per heavy atom. The molecule has 1 amide bonds. The van der Waals surface area contributed by atoms with Crippen molar-refractivity contribution in [2.75, 3.05) is 19.6 Å². The number of carbonyl (C=O) groups excluding carboxylic acids is 1. The Morgan fingerprint density at radius 3 is 2.55 bits per heavy atom. The standard InChI is InChI=1S/C15H21FN2O3S/c1-3-17-15(19)12-6-8-18(9-7-12)22(20,21)13-4-5-14(16)11(2)10-13/h4-5,10,12H,3,6-9H2,1-2H3,(H,17,19). The lowest BCUT2D eigenvalue weighted by Crippen LogP contribution is -2.42. The second-order valence-electron chi connectivity index (χ2n) is 5.48. The molecule has 7 heteroatoms. The summed E-state index contributed by atoms with van der Waals surface area (Å²) in [4.78, 5) is 11.9. The van der Waals surface area contributed by atoms with Crippen LogP contribution in [0.25, 0.3) is 0 Å². The highest BCUT2D eigenvalue weighted by Gasteiger charge is 2.32. The zero-order chi connectivity index (χ0) is 16.3. The molecule has 1 aliphatic heterocycles. The fraction of sp³-hybridized carbons (Fsp3) is 0.533. The van der Waals surface area contributed by atoms with Gasteiger partial charge >= 0.3 is 0 Å². The monoisotopic (exact) mass is 328 g/mol. The van der Waals surface area contributed by atoms with E-state index in [1.165, 1.54) is 29.4 Å². The Balaban J connectivity index is 2.09. The van der Waals surface area contributed by atoms with Crippen LogP contribution < -0.4 is 5.32 Å². The summed E-state index contributed by atoms with van der Waals surface area (Å²) < 4.78 is 39.8. The van der Waals surface area contributed by atoms with E-state index in [4.69, 9.17) is 0 Å². The molecule has 0 spiro atoms. The van der Waals surface area contributed by atoms with Crippen molar-refractivity contribution in [2.24, 2.45) is 5.92 Å². The van der Waals surface area contributed by atoms with Crippen LogP contribution in [0.3, 0.4) is 0 Å². The first-order chi connectivity index (χ1) is 10.4. The van der Waals surface area contributed by atoms with Gasteiger partial charge in [-0.3, -0.25) is 4.79 Å². The van der Waals surface area contributed by atoms with Gasteiger partial charge in [-0.2, -0.15) is 4.31 Å². The summed E-state index contributed by atoms with van der Waals surface area (Å²) in [6, 6.07) is 3.80. The normalized spacial score (nSPS) is 17.4. The molecule has 122 valence electrons. The van der Waals surface area contributed by atoms with E-state index in [-0.39, 0.29) is 16.7 Å². The third kappa shape index (κ3) is 3.47. The average molecular weight is 328 g/mol. The largest absolute Gasteiger partial charge is 0.356 e. The van der Waals surface area contributed by atoms with Crippen LogP contribution in [0, 0.1) is 18.7 Å². The van der Waals surface area contributed by atoms with Crippen LogP contribution in [0.5, 0.6) is 0 Å². The zero-order valence-electron chi connectivity index (χ0n) is 12.8. The van der Waals surface area contributed by atoms with Gasteiger partial charge in [-0.1, -0.05) is 0 Å². The summed E-state index contributed by atoms with van der Waals surface area (Å²) in [5, 5.41) is 2.77. The maximum atomic E-state index is 13.3. The van der Waals surface area contributed by atoms with Crippen LogP contribution in [-0.2, 0) is 14.8 Å². The molecule has 2 rings (SSSR count). The fourth-order valence-electron chi connectivity index (χ4n) is 2.60. The van der Waals surface area contributed by atoms with Gasteiger partial charge in [0.2, 0.25) is 15.9 Å². The maximum absolute atomic E-state index is 13.3. The van der Waals surface area contributed by atoms with Crippen molar-refractivity contribution in [3.63, 3.8) is 0 Å². The van der Waals surface area contributed by atoms with E-state index < -0.39 is 15.8 Å². The predicted octanol–water partition coefficient (Wildman–Crippen LogP) is 1.67. The molecule has 1 N–H and O–H groups in total. The van der Waals surface area contributed by atoms with Crippen molar-refractivity contribution < 1.29 is 17.6 Å². The van der Waals surface area contributed by atoms with E-state index in [0.717, 1.165) is 0 Å². The summed E-state index contributed by atoms with van der Waals surface area (Å²) in [5.41, 5.74) is 0.304. The molecule has 22 heavy (non-hydrogen) atoms. The van der Waals surface area contributed by atoms with Crippen molar-refractivity contribution in [3.05, 3.63) is 29.6 Å². The van der Waals surface area contributed by atoms with Crippen LogP contribution in [-0.4, -0.2) is 38.3 Å². The number of aryl methyl sites for hydroxylation is 1. The van der Waals surface area contributed by atoms with Crippen molar-refractivity contribution in [2.45, 2.75) is 31.6 Å².